The van der Waals surface area contributed by atoms with Crippen LogP contribution in [0.3, 0.4) is 0 Å². The lowest BCUT2D eigenvalue weighted by atomic mass is 10.1. The van der Waals surface area contributed by atoms with E-state index in [0.29, 0.717) is 12.1 Å². The molecule has 1 heterocycles. The summed E-state index contributed by atoms with van der Waals surface area (Å²) in [6, 6.07) is 7.11. The fraction of sp³-hybridized carbons (Fsp3) is 0.600. The van der Waals surface area contributed by atoms with E-state index >= 15 is 0 Å². The summed E-state index contributed by atoms with van der Waals surface area (Å²) in [6.45, 7) is 7.50. The summed E-state index contributed by atoms with van der Waals surface area (Å²) < 4.78 is 10.9. The van der Waals surface area contributed by atoms with Crippen LogP contribution in [0.1, 0.15) is 19.4 Å². The van der Waals surface area contributed by atoms with Crippen LogP contribution >= 0.6 is 12.4 Å². The van der Waals surface area contributed by atoms with Gasteiger partial charge in [0.05, 0.1) is 14.2 Å². The standard InChI is InChI=1S/C15H24N2O2.ClH/c1-11-12(2)17(9-8-16-11)10-13-6-5-7-14(18-3)15(13)19-4;/h5-7,11-12,16H,8-10H2,1-4H3;1H. The van der Waals surface area contributed by atoms with E-state index in [1.54, 1.807) is 14.2 Å². The number of rotatable bonds is 4. The second-order valence-corrected chi connectivity index (χ2v) is 5.11. The highest BCUT2D eigenvalue weighted by atomic mass is 35.5. The first-order valence-electron chi connectivity index (χ1n) is 6.84. The average molecular weight is 301 g/mol. The van der Waals surface area contributed by atoms with Crippen molar-refractivity contribution in [1.29, 1.82) is 0 Å². The Morgan fingerprint density at radius 3 is 2.65 bits per heavy atom. The highest BCUT2D eigenvalue weighted by molar-refractivity contribution is 5.85. The Balaban J connectivity index is 0.00000200. The van der Waals surface area contributed by atoms with Crippen LogP contribution in [0.5, 0.6) is 11.5 Å². The molecule has 0 aliphatic carbocycles. The maximum Gasteiger partial charge on any atom is 0.165 e. The van der Waals surface area contributed by atoms with Crippen molar-refractivity contribution in [3.8, 4) is 11.5 Å². The molecule has 20 heavy (non-hydrogen) atoms. The van der Waals surface area contributed by atoms with Crippen molar-refractivity contribution in [2.45, 2.75) is 32.5 Å². The molecule has 0 spiro atoms. The minimum atomic E-state index is 0. The minimum Gasteiger partial charge on any atom is -0.493 e. The number of ether oxygens (including phenoxy) is 2. The molecule has 0 aromatic heterocycles. The summed E-state index contributed by atoms with van der Waals surface area (Å²) in [7, 11) is 3.38. The predicted octanol–water partition coefficient (Wildman–Crippen LogP) is 2.31. The molecule has 2 atom stereocenters. The lowest BCUT2D eigenvalue weighted by Crippen LogP contribution is -2.54. The third-order valence-corrected chi connectivity index (χ3v) is 4.02. The van der Waals surface area contributed by atoms with Gasteiger partial charge in [0.2, 0.25) is 0 Å². The molecule has 1 aliphatic rings. The number of hydrogen-bond donors (Lipinski definition) is 1. The van der Waals surface area contributed by atoms with E-state index in [0.717, 1.165) is 31.1 Å². The number of para-hydroxylation sites is 1. The topological polar surface area (TPSA) is 33.7 Å². The van der Waals surface area contributed by atoms with Crippen LogP contribution in [0.2, 0.25) is 0 Å². The van der Waals surface area contributed by atoms with Gasteiger partial charge >= 0.3 is 0 Å². The molecular weight excluding hydrogens is 276 g/mol. The number of halogens is 1. The quantitative estimate of drug-likeness (QED) is 0.925. The second kappa shape index (κ2) is 7.72. The monoisotopic (exact) mass is 300 g/mol. The van der Waals surface area contributed by atoms with E-state index in [1.807, 2.05) is 12.1 Å². The van der Waals surface area contributed by atoms with Gasteiger partial charge in [0.25, 0.3) is 0 Å². The molecule has 2 rings (SSSR count). The molecular formula is C15H25ClN2O2. The minimum absolute atomic E-state index is 0. The summed E-state index contributed by atoms with van der Waals surface area (Å²) in [5, 5.41) is 3.50. The van der Waals surface area contributed by atoms with Crippen LogP contribution in [0.15, 0.2) is 18.2 Å². The fourth-order valence-corrected chi connectivity index (χ4v) is 2.65. The molecule has 114 valence electrons. The predicted molar refractivity (Wildman–Crippen MR) is 84.1 cm³/mol. The molecule has 1 N–H and O–H groups in total. The summed E-state index contributed by atoms with van der Waals surface area (Å²) in [6.07, 6.45) is 0. The Hall–Kier alpha value is -0.970. The highest BCUT2D eigenvalue weighted by Gasteiger charge is 2.25. The SMILES string of the molecule is COc1cccc(CN2CCNC(C)C2C)c1OC.Cl. The van der Waals surface area contributed by atoms with Crippen LogP contribution in [0.25, 0.3) is 0 Å². The van der Waals surface area contributed by atoms with Gasteiger partial charge in [-0.1, -0.05) is 12.1 Å². The van der Waals surface area contributed by atoms with Gasteiger partial charge in [0.15, 0.2) is 11.5 Å². The van der Waals surface area contributed by atoms with Crippen LogP contribution in [0, 0.1) is 0 Å². The van der Waals surface area contributed by atoms with Gasteiger partial charge in [-0.25, -0.2) is 0 Å². The van der Waals surface area contributed by atoms with Gasteiger partial charge in [-0.05, 0) is 19.9 Å². The van der Waals surface area contributed by atoms with E-state index in [-0.39, 0.29) is 12.4 Å². The van der Waals surface area contributed by atoms with E-state index in [9.17, 15) is 0 Å². The number of methoxy groups -OCH3 is 2. The Morgan fingerprint density at radius 1 is 1.25 bits per heavy atom. The van der Waals surface area contributed by atoms with Crippen LogP contribution in [-0.2, 0) is 6.54 Å². The first-order valence-corrected chi connectivity index (χ1v) is 6.84. The van der Waals surface area contributed by atoms with E-state index in [2.05, 4.69) is 30.1 Å². The van der Waals surface area contributed by atoms with Crippen LogP contribution in [-0.4, -0.2) is 44.3 Å². The lowest BCUT2D eigenvalue weighted by molar-refractivity contribution is 0.129. The largest absolute Gasteiger partial charge is 0.493 e. The summed E-state index contributed by atoms with van der Waals surface area (Å²) >= 11 is 0. The molecule has 0 radical (unpaired) electrons. The van der Waals surface area contributed by atoms with Crippen LogP contribution < -0.4 is 14.8 Å². The smallest absolute Gasteiger partial charge is 0.165 e. The zero-order chi connectivity index (χ0) is 13.8. The van der Waals surface area contributed by atoms with Crippen molar-refractivity contribution in [1.82, 2.24) is 10.2 Å². The van der Waals surface area contributed by atoms with Crippen molar-refractivity contribution in [2.75, 3.05) is 27.3 Å². The van der Waals surface area contributed by atoms with E-state index in [4.69, 9.17) is 9.47 Å². The number of benzene rings is 1. The molecule has 0 bridgehead atoms. The van der Waals surface area contributed by atoms with E-state index < -0.39 is 0 Å². The third-order valence-electron chi connectivity index (χ3n) is 4.02. The summed E-state index contributed by atoms with van der Waals surface area (Å²) in [5.41, 5.74) is 1.18. The molecule has 1 aromatic rings. The Morgan fingerprint density at radius 2 is 2.00 bits per heavy atom. The zero-order valence-electron chi connectivity index (χ0n) is 12.7. The molecule has 2 unspecified atom stereocenters. The first kappa shape index (κ1) is 17.1. The Labute approximate surface area is 127 Å². The van der Waals surface area contributed by atoms with Crippen molar-refractivity contribution >= 4 is 12.4 Å². The number of nitrogens with one attached hydrogen (secondary N) is 1. The van der Waals surface area contributed by atoms with Crippen molar-refractivity contribution in [3.05, 3.63) is 23.8 Å². The number of hydrogen-bond acceptors (Lipinski definition) is 4. The van der Waals surface area contributed by atoms with Crippen molar-refractivity contribution in [3.63, 3.8) is 0 Å². The Bertz CT molecular complexity index is 428. The molecule has 1 saturated heterocycles. The second-order valence-electron chi connectivity index (χ2n) is 5.11. The molecule has 0 saturated carbocycles. The molecule has 1 fully saturated rings. The van der Waals surface area contributed by atoms with Crippen molar-refractivity contribution in [2.24, 2.45) is 0 Å². The molecule has 0 amide bonds. The van der Waals surface area contributed by atoms with Crippen molar-refractivity contribution < 1.29 is 9.47 Å². The molecule has 4 nitrogen and oxygen atoms in total. The number of nitrogens with zero attached hydrogens (tertiary/aromatic N) is 1. The van der Waals surface area contributed by atoms with E-state index in [1.165, 1.54) is 5.56 Å². The van der Waals surface area contributed by atoms with Gasteiger partial charge in [0, 0.05) is 37.3 Å². The maximum atomic E-state index is 5.50. The van der Waals surface area contributed by atoms with Gasteiger partial charge < -0.3 is 14.8 Å². The summed E-state index contributed by atoms with van der Waals surface area (Å²) in [5.74, 6) is 1.65. The highest BCUT2D eigenvalue weighted by Crippen LogP contribution is 2.32. The third kappa shape index (κ3) is 3.57. The zero-order valence-corrected chi connectivity index (χ0v) is 13.5. The molecule has 1 aromatic carbocycles. The Kier molecular flexibility index (Phi) is 6.59. The maximum absolute atomic E-state index is 5.50. The average Bonchev–Trinajstić information content (AvgIpc) is 2.43. The van der Waals surface area contributed by atoms with Gasteiger partial charge in [-0.2, -0.15) is 0 Å². The molecule has 5 heteroatoms. The van der Waals surface area contributed by atoms with Gasteiger partial charge in [-0.15, -0.1) is 12.4 Å². The lowest BCUT2D eigenvalue weighted by Gasteiger charge is -2.38. The normalized spacial score (nSPS) is 23.0. The molecule has 1 aliphatic heterocycles. The summed E-state index contributed by atoms with van der Waals surface area (Å²) in [4.78, 5) is 2.48. The van der Waals surface area contributed by atoms with Gasteiger partial charge in [0.1, 0.15) is 0 Å². The number of piperazine rings is 1. The fourth-order valence-electron chi connectivity index (χ4n) is 2.65. The first-order chi connectivity index (χ1) is 9.17. The van der Waals surface area contributed by atoms with Gasteiger partial charge in [-0.3, -0.25) is 4.90 Å². The van der Waals surface area contributed by atoms with Crippen LogP contribution in [0.4, 0.5) is 0 Å².